The summed E-state index contributed by atoms with van der Waals surface area (Å²) in [6, 6.07) is 16.5. The van der Waals surface area contributed by atoms with Gasteiger partial charge in [0.05, 0.1) is 0 Å². The van der Waals surface area contributed by atoms with Crippen molar-refractivity contribution in [2.45, 2.75) is 32.8 Å². The first-order valence-corrected chi connectivity index (χ1v) is 8.49. The molecule has 0 radical (unpaired) electrons. The van der Waals surface area contributed by atoms with E-state index in [-0.39, 0.29) is 12.5 Å². The molecule has 1 unspecified atom stereocenters. The van der Waals surface area contributed by atoms with Crippen LogP contribution >= 0.6 is 0 Å². The molecule has 2 aromatic carbocycles. The Morgan fingerprint density at radius 2 is 1.58 bits per heavy atom. The summed E-state index contributed by atoms with van der Waals surface area (Å²) in [6.45, 7) is 5.51. The van der Waals surface area contributed by atoms with Crippen LogP contribution in [0, 0.1) is 0 Å². The number of ether oxygens (including phenoxy) is 2. The van der Waals surface area contributed by atoms with Gasteiger partial charge in [-0.05, 0) is 36.6 Å². The van der Waals surface area contributed by atoms with Crippen LogP contribution in [-0.4, -0.2) is 24.5 Å². The Labute approximate surface area is 153 Å². The van der Waals surface area contributed by atoms with Gasteiger partial charge in [-0.2, -0.15) is 0 Å². The molecule has 138 valence electrons. The van der Waals surface area contributed by atoms with Gasteiger partial charge in [-0.1, -0.05) is 50.2 Å². The summed E-state index contributed by atoms with van der Waals surface area (Å²) < 4.78 is 11.0. The van der Waals surface area contributed by atoms with Crippen LogP contribution < -0.4 is 20.3 Å². The zero-order valence-electron chi connectivity index (χ0n) is 15.2. The molecule has 0 saturated heterocycles. The summed E-state index contributed by atoms with van der Waals surface area (Å²) >= 11 is 0. The Hall–Kier alpha value is -3.02. The molecule has 2 amide bonds. The molecule has 0 spiro atoms. The summed E-state index contributed by atoms with van der Waals surface area (Å²) in [7, 11) is 0. The molecule has 0 aromatic heterocycles. The van der Waals surface area contributed by atoms with Crippen LogP contribution in [0.25, 0.3) is 0 Å². The number of carbonyl (C=O) groups is 2. The van der Waals surface area contributed by atoms with Crippen molar-refractivity contribution in [1.82, 2.24) is 10.9 Å². The van der Waals surface area contributed by atoms with Gasteiger partial charge in [0.15, 0.2) is 12.7 Å². The van der Waals surface area contributed by atoms with Crippen molar-refractivity contribution in [2.24, 2.45) is 0 Å². The van der Waals surface area contributed by atoms with E-state index in [0.29, 0.717) is 11.5 Å². The minimum atomic E-state index is -0.750. The maximum atomic E-state index is 12.0. The van der Waals surface area contributed by atoms with Crippen LogP contribution in [0.3, 0.4) is 0 Å². The van der Waals surface area contributed by atoms with Gasteiger partial charge < -0.3 is 9.47 Å². The molecule has 6 nitrogen and oxygen atoms in total. The van der Waals surface area contributed by atoms with E-state index in [1.807, 2.05) is 42.5 Å². The topological polar surface area (TPSA) is 76.7 Å². The van der Waals surface area contributed by atoms with Crippen LogP contribution in [-0.2, 0) is 9.59 Å². The predicted octanol–water partition coefficient (Wildman–Crippen LogP) is 2.80. The summed E-state index contributed by atoms with van der Waals surface area (Å²) in [6.07, 6.45) is -0.750. The van der Waals surface area contributed by atoms with E-state index in [0.717, 1.165) is 5.56 Å². The standard InChI is InChI=1S/C20H24N2O4/c1-14(2)17-11-7-8-12-18(17)25-13-19(23)21-22-20(24)15(3)26-16-9-5-4-6-10-16/h4-12,14-15H,13H2,1-3H3,(H,21,23)(H,22,24). The lowest BCUT2D eigenvalue weighted by Gasteiger charge is -2.16. The van der Waals surface area contributed by atoms with Gasteiger partial charge in [0.2, 0.25) is 0 Å². The fourth-order valence-electron chi connectivity index (χ4n) is 2.26. The van der Waals surface area contributed by atoms with Gasteiger partial charge in [0.1, 0.15) is 11.5 Å². The number of amides is 2. The second-order valence-electron chi connectivity index (χ2n) is 6.09. The van der Waals surface area contributed by atoms with Crippen molar-refractivity contribution < 1.29 is 19.1 Å². The molecule has 0 aliphatic carbocycles. The number of para-hydroxylation sites is 2. The molecule has 2 aromatic rings. The van der Waals surface area contributed by atoms with E-state index in [9.17, 15) is 9.59 Å². The third kappa shape index (κ3) is 5.81. The fourth-order valence-corrected chi connectivity index (χ4v) is 2.26. The maximum absolute atomic E-state index is 12.0. The van der Waals surface area contributed by atoms with Gasteiger partial charge in [0, 0.05) is 0 Å². The number of nitrogens with one attached hydrogen (secondary N) is 2. The highest BCUT2D eigenvalue weighted by Gasteiger charge is 2.15. The Morgan fingerprint density at radius 1 is 0.923 bits per heavy atom. The van der Waals surface area contributed by atoms with Crippen molar-refractivity contribution in [3.05, 3.63) is 60.2 Å². The van der Waals surface area contributed by atoms with Crippen LogP contribution in [0.1, 0.15) is 32.3 Å². The maximum Gasteiger partial charge on any atom is 0.279 e. The quantitative estimate of drug-likeness (QED) is 0.748. The molecule has 6 heteroatoms. The van der Waals surface area contributed by atoms with E-state index < -0.39 is 17.9 Å². The van der Waals surface area contributed by atoms with Crippen LogP contribution in [0.4, 0.5) is 0 Å². The zero-order chi connectivity index (χ0) is 18.9. The largest absolute Gasteiger partial charge is 0.483 e. The number of rotatable bonds is 7. The molecule has 0 aliphatic rings. The molecular weight excluding hydrogens is 332 g/mol. The van der Waals surface area contributed by atoms with Gasteiger partial charge in [-0.15, -0.1) is 0 Å². The van der Waals surface area contributed by atoms with Crippen molar-refractivity contribution in [1.29, 1.82) is 0 Å². The highest BCUT2D eigenvalue weighted by molar-refractivity contribution is 5.85. The lowest BCUT2D eigenvalue weighted by atomic mass is 10.0. The number of benzene rings is 2. The van der Waals surface area contributed by atoms with Gasteiger partial charge in [-0.3, -0.25) is 20.4 Å². The third-order valence-electron chi connectivity index (χ3n) is 3.65. The minimum absolute atomic E-state index is 0.196. The molecule has 0 bridgehead atoms. The van der Waals surface area contributed by atoms with E-state index in [2.05, 4.69) is 24.7 Å². The Morgan fingerprint density at radius 3 is 2.27 bits per heavy atom. The van der Waals surface area contributed by atoms with Crippen molar-refractivity contribution in [2.75, 3.05) is 6.61 Å². The van der Waals surface area contributed by atoms with E-state index >= 15 is 0 Å². The van der Waals surface area contributed by atoms with Gasteiger partial charge in [0.25, 0.3) is 11.8 Å². The predicted molar refractivity (Wildman–Crippen MR) is 98.8 cm³/mol. The second-order valence-corrected chi connectivity index (χ2v) is 6.09. The molecule has 0 heterocycles. The SMILES string of the molecule is CC(Oc1ccccc1)C(=O)NNC(=O)COc1ccccc1C(C)C. The normalized spacial score (nSPS) is 11.5. The Bertz CT molecular complexity index is 732. The molecule has 26 heavy (non-hydrogen) atoms. The molecule has 1 atom stereocenters. The lowest BCUT2D eigenvalue weighted by Crippen LogP contribution is -2.48. The lowest BCUT2D eigenvalue weighted by molar-refractivity contribution is -0.133. The minimum Gasteiger partial charge on any atom is -0.483 e. The summed E-state index contributed by atoms with van der Waals surface area (Å²) in [5.74, 6) is 0.610. The molecular formula is C20H24N2O4. The number of hydrogen-bond acceptors (Lipinski definition) is 4. The highest BCUT2D eigenvalue weighted by atomic mass is 16.5. The molecule has 0 aliphatic heterocycles. The highest BCUT2D eigenvalue weighted by Crippen LogP contribution is 2.25. The first kappa shape index (κ1) is 19.3. The molecule has 0 fully saturated rings. The fraction of sp³-hybridized carbons (Fsp3) is 0.300. The van der Waals surface area contributed by atoms with Gasteiger partial charge >= 0.3 is 0 Å². The smallest absolute Gasteiger partial charge is 0.279 e. The van der Waals surface area contributed by atoms with Crippen molar-refractivity contribution in [3.8, 4) is 11.5 Å². The first-order valence-electron chi connectivity index (χ1n) is 8.49. The molecule has 0 saturated carbocycles. The number of hydrogen-bond donors (Lipinski definition) is 2. The Balaban J connectivity index is 1.77. The van der Waals surface area contributed by atoms with Crippen LogP contribution in [0.15, 0.2) is 54.6 Å². The van der Waals surface area contributed by atoms with E-state index in [4.69, 9.17) is 9.47 Å². The monoisotopic (exact) mass is 356 g/mol. The van der Waals surface area contributed by atoms with Crippen LogP contribution in [0.2, 0.25) is 0 Å². The zero-order valence-corrected chi connectivity index (χ0v) is 15.2. The molecule has 2 rings (SSSR count). The van der Waals surface area contributed by atoms with Crippen molar-refractivity contribution in [3.63, 3.8) is 0 Å². The summed E-state index contributed by atoms with van der Waals surface area (Å²) in [5, 5.41) is 0. The summed E-state index contributed by atoms with van der Waals surface area (Å²) in [4.78, 5) is 23.9. The van der Waals surface area contributed by atoms with Gasteiger partial charge in [-0.25, -0.2) is 0 Å². The first-order chi connectivity index (χ1) is 12.5. The second kappa shape index (κ2) is 9.46. The van der Waals surface area contributed by atoms with E-state index in [1.165, 1.54) is 0 Å². The number of carbonyl (C=O) groups excluding carboxylic acids is 2. The Kier molecular flexibility index (Phi) is 7.02. The van der Waals surface area contributed by atoms with Crippen molar-refractivity contribution >= 4 is 11.8 Å². The van der Waals surface area contributed by atoms with Crippen LogP contribution in [0.5, 0.6) is 11.5 Å². The number of hydrazine groups is 1. The molecule has 2 N–H and O–H groups in total. The van der Waals surface area contributed by atoms with E-state index in [1.54, 1.807) is 19.1 Å². The summed E-state index contributed by atoms with van der Waals surface area (Å²) in [5.41, 5.74) is 5.68. The average Bonchev–Trinajstić information content (AvgIpc) is 2.65. The average molecular weight is 356 g/mol. The third-order valence-corrected chi connectivity index (χ3v) is 3.65.